The van der Waals surface area contributed by atoms with Crippen LogP contribution < -0.4 is 0 Å². The number of ether oxygens (including phenoxy) is 2. The number of hydrogen-bond donors (Lipinski definition) is 1. The number of rotatable bonds is 6. The van der Waals surface area contributed by atoms with E-state index in [0.29, 0.717) is 11.1 Å². The van der Waals surface area contributed by atoms with E-state index in [1.807, 2.05) is 38.4 Å². The molecule has 1 aliphatic rings. The fraction of sp³-hybridized carbons (Fsp3) is 0.333. The molecule has 0 radical (unpaired) electrons. The van der Waals surface area contributed by atoms with Crippen LogP contribution in [0.25, 0.3) is 16.7 Å². The van der Waals surface area contributed by atoms with Crippen molar-refractivity contribution in [2.24, 2.45) is 5.41 Å². The van der Waals surface area contributed by atoms with Crippen LogP contribution in [0.2, 0.25) is 0 Å². The van der Waals surface area contributed by atoms with Crippen molar-refractivity contribution in [1.29, 1.82) is 0 Å². The third-order valence-corrected chi connectivity index (χ3v) is 5.32. The van der Waals surface area contributed by atoms with Gasteiger partial charge in [-0.2, -0.15) is 4.80 Å². The number of aliphatic hydroxyl groups is 1. The second-order valence-electron chi connectivity index (χ2n) is 8.89. The number of esters is 2. The maximum Gasteiger partial charge on any atom is 0.338 e. The van der Waals surface area contributed by atoms with Crippen LogP contribution in [0.4, 0.5) is 0 Å². The van der Waals surface area contributed by atoms with Crippen LogP contribution >= 0.6 is 0 Å². The zero-order chi connectivity index (χ0) is 23.2. The lowest BCUT2D eigenvalue weighted by Gasteiger charge is -2.20. The van der Waals surface area contributed by atoms with Gasteiger partial charge in [-0.15, -0.1) is 9.26 Å². The van der Waals surface area contributed by atoms with Gasteiger partial charge in [0.2, 0.25) is 0 Å². The Hall–Kier alpha value is -3.52. The van der Waals surface area contributed by atoms with Crippen molar-refractivity contribution >= 4 is 28.7 Å². The summed E-state index contributed by atoms with van der Waals surface area (Å²) in [5.41, 5.74) is 4.24. The first-order valence-electron chi connectivity index (χ1n) is 10.4. The zero-order valence-electron chi connectivity index (χ0n) is 18.7. The summed E-state index contributed by atoms with van der Waals surface area (Å²) in [4.78, 5) is 25.6. The molecular weight excluding hydrogens is 410 g/mol. The van der Waals surface area contributed by atoms with E-state index in [1.54, 1.807) is 25.1 Å². The quantitative estimate of drug-likeness (QED) is 0.363. The molecule has 8 heteroatoms. The number of allylic oxidation sites excluding steroid dienone is 4. The third kappa shape index (κ3) is 3.89. The molecule has 2 heterocycles. The molecular formula is C24H27N3O5. The van der Waals surface area contributed by atoms with Crippen molar-refractivity contribution in [3.05, 3.63) is 65.8 Å². The van der Waals surface area contributed by atoms with Gasteiger partial charge in [0, 0.05) is 5.57 Å². The number of hydrogen-bond acceptors (Lipinski definition) is 5. The molecule has 1 aromatic carbocycles. The van der Waals surface area contributed by atoms with Gasteiger partial charge in [-0.3, -0.25) is 0 Å². The molecule has 0 amide bonds. The molecule has 4 rings (SSSR count). The van der Waals surface area contributed by atoms with Crippen LogP contribution in [0.15, 0.2) is 60.2 Å². The molecule has 1 atom stereocenters. The Kier molecular flexibility index (Phi) is 5.34. The fourth-order valence-corrected chi connectivity index (χ4v) is 3.46. The standard InChI is InChI=1S/C24H27N3O5/c1-15(2)22(29)31-11-12-32-23(30)16-9-10-18-19(13-16)26-25(18)27(26)20-14-17(24(3,4)5)7-6-8-21(20)28/h6-10,13-14,21,28H,1,11-12H2,2-5H3. The number of fused-ring (bicyclic) bond motifs is 4. The van der Waals surface area contributed by atoms with Gasteiger partial charge in [0.1, 0.15) is 30.4 Å². The summed E-state index contributed by atoms with van der Waals surface area (Å²) in [6, 6.07) is 5.27. The smallest absolute Gasteiger partial charge is 0.338 e. The Balaban J connectivity index is 1.51. The first kappa shape index (κ1) is 21.7. The van der Waals surface area contributed by atoms with E-state index >= 15 is 0 Å². The molecule has 0 aliphatic heterocycles. The zero-order valence-corrected chi connectivity index (χ0v) is 18.7. The van der Waals surface area contributed by atoms with E-state index in [-0.39, 0.29) is 18.6 Å². The van der Waals surface area contributed by atoms with Crippen molar-refractivity contribution in [3.63, 3.8) is 0 Å². The number of carbonyl (C=O) groups is 2. The summed E-state index contributed by atoms with van der Waals surface area (Å²) in [7, 11) is 0. The lowest BCUT2D eigenvalue weighted by Crippen LogP contribution is -2.14. The van der Waals surface area contributed by atoms with E-state index in [9.17, 15) is 14.7 Å². The average Bonchev–Trinajstić information content (AvgIpc) is 3.41. The SMILES string of the molecule is C=C(C)C(=O)OCCOC(=O)c1ccc2c(c1)n1n(C3=CC(C(C)(C)C)=CC=CC3O)n21. The van der Waals surface area contributed by atoms with Gasteiger partial charge in [0.25, 0.3) is 0 Å². The molecule has 0 fully saturated rings. The Morgan fingerprint density at radius 1 is 1.12 bits per heavy atom. The van der Waals surface area contributed by atoms with Crippen molar-refractivity contribution in [3.8, 4) is 0 Å². The van der Waals surface area contributed by atoms with Crippen LogP contribution in [0, 0.1) is 5.41 Å². The fourth-order valence-electron chi connectivity index (χ4n) is 3.46. The van der Waals surface area contributed by atoms with Crippen LogP contribution in [0.1, 0.15) is 38.1 Å². The minimum absolute atomic E-state index is 0.0285. The van der Waals surface area contributed by atoms with Crippen LogP contribution in [0.3, 0.4) is 0 Å². The van der Waals surface area contributed by atoms with Gasteiger partial charge >= 0.3 is 11.9 Å². The Labute approximate surface area is 185 Å². The third-order valence-electron chi connectivity index (χ3n) is 5.32. The maximum absolute atomic E-state index is 12.4. The topological polar surface area (TPSA) is 86.6 Å². The van der Waals surface area contributed by atoms with E-state index in [1.165, 1.54) is 0 Å². The molecule has 32 heavy (non-hydrogen) atoms. The van der Waals surface area contributed by atoms with Gasteiger partial charge in [0.05, 0.1) is 11.3 Å². The summed E-state index contributed by atoms with van der Waals surface area (Å²) in [6.07, 6.45) is 6.89. The molecule has 3 aromatic rings. The minimum Gasteiger partial charge on any atom is -0.459 e. The molecule has 0 saturated heterocycles. The number of aliphatic hydroxyl groups excluding tert-OH is 1. The van der Waals surface area contributed by atoms with Gasteiger partial charge < -0.3 is 14.6 Å². The molecule has 0 bridgehead atoms. The largest absolute Gasteiger partial charge is 0.459 e. The second kappa shape index (κ2) is 7.87. The molecule has 8 nitrogen and oxygen atoms in total. The average molecular weight is 437 g/mol. The molecule has 1 unspecified atom stereocenters. The predicted molar refractivity (Wildman–Crippen MR) is 121 cm³/mol. The summed E-state index contributed by atoms with van der Waals surface area (Å²) >= 11 is 0. The van der Waals surface area contributed by atoms with Gasteiger partial charge in [-0.25, -0.2) is 9.59 Å². The monoisotopic (exact) mass is 437 g/mol. The summed E-state index contributed by atoms with van der Waals surface area (Å²) < 4.78 is 13.9. The van der Waals surface area contributed by atoms with E-state index in [4.69, 9.17) is 9.47 Å². The van der Waals surface area contributed by atoms with Gasteiger partial charge in [-0.05, 0) is 42.2 Å². The highest BCUT2D eigenvalue weighted by atomic mass is 16.6. The summed E-state index contributed by atoms with van der Waals surface area (Å²) in [5, 5.41) is 10.6. The minimum atomic E-state index is -0.751. The number of carbonyl (C=O) groups excluding carboxylic acids is 2. The molecule has 1 N–H and O–H groups in total. The first-order valence-corrected chi connectivity index (χ1v) is 10.4. The molecule has 2 aromatic heterocycles. The molecule has 0 saturated carbocycles. The van der Waals surface area contributed by atoms with Gasteiger partial charge in [-0.1, -0.05) is 45.6 Å². The van der Waals surface area contributed by atoms with E-state index in [2.05, 4.69) is 27.4 Å². The van der Waals surface area contributed by atoms with Crippen molar-refractivity contribution in [1.82, 2.24) is 14.1 Å². The van der Waals surface area contributed by atoms with Crippen LogP contribution in [0.5, 0.6) is 0 Å². The number of nitrogens with zero attached hydrogens (tertiary/aromatic N) is 3. The van der Waals surface area contributed by atoms with E-state index < -0.39 is 18.0 Å². The van der Waals surface area contributed by atoms with E-state index in [0.717, 1.165) is 22.3 Å². The normalized spacial score (nSPS) is 16.8. The molecule has 1 aliphatic carbocycles. The van der Waals surface area contributed by atoms with Crippen molar-refractivity contribution < 1.29 is 24.2 Å². The lowest BCUT2D eigenvalue weighted by molar-refractivity contribution is -0.140. The molecule has 0 spiro atoms. The molecule has 168 valence electrons. The Bertz CT molecular complexity index is 1290. The predicted octanol–water partition coefficient (Wildman–Crippen LogP) is 3.45. The highest BCUT2D eigenvalue weighted by Crippen LogP contribution is 2.34. The number of benzene rings is 1. The second-order valence-corrected chi connectivity index (χ2v) is 8.89. The Morgan fingerprint density at radius 2 is 1.81 bits per heavy atom. The Morgan fingerprint density at radius 3 is 2.50 bits per heavy atom. The van der Waals surface area contributed by atoms with Crippen molar-refractivity contribution in [2.75, 3.05) is 13.2 Å². The van der Waals surface area contributed by atoms with Crippen LogP contribution in [-0.2, 0) is 14.3 Å². The van der Waals surface area contributed by atoms with Crippen LogP contribution in [-0.4, -0.2) is 50.4 Å². The summed E-state index contributed by atoms with van der Waals surface area (Å²) in [6.45, 7) is 11.4. The van der Waals surface area contributed by atoms with Gasteiger partial charge in [0.15, 0.2) is 0 Å². The number of aromatic nitrogens is 3. The highest BCUT2D eigenvalue weighted by Gasteiger charge is 2.30. The van der Waals surface area contributed by atoms with Crippen molar-refractivity contribution in [2.45, 2.75) is 33.8 Å². The lowest BCUT2D eigenvalue weighted by atomic mass is 9.86. The highest BCUT2D eigenvalue weighted by molar-refractivity contribution is 5.94. The maximum atomic E-state index is 12.4. The summed E-state index contributed by atoms with van der Waals surface area (Å²) in [5.74, 6) is -1.02. The first-order chi connectivity index (χ1) is 15.1.